The van der Waals surface area contributed by atoms with Crippen LogP contribution in [0.25, 0.3) is 10.9 Å². The van der Waals surface area contributed by atoms with Gasteiger partial charge in [-0.05, 0) is 31.2 Å². The number of benzene rings is 2. The maximum atomic E-state index is 12.9. The lowest BCUT2D eigenvalue weighted by atomic mass is 10.0. The molecule has 0 bridgehead atoms. The average molecular weight is 382 g/mol. The number of H-pyrrole nitrogens is 1. The number of carbonyl (C=O) groups is 1. The number of amides is 1. The molecule has 6 heteroatoms. The Balaban J connectivity index is 1.53. The lowest BCUT2D eigenvalue weighted by molar-refractivity contribution is -0.117. The lowest BCUT2D eigenvalue weighted by Crippen LogP contribution is -2.39. The fraction of sp³-hybridized carbons (Fsp3) is 0.238. The molecular formula is C21H20ClN3O2. The van der Waals surface area contributed by atoms with Gasteiger partial charge in [0.05, 0.1) is 17.3 Å². The lowest BCUT2D eigenvalue weighted by Gasteiger charge is -2.28. The number of aromatic amines is 1. The number of hydrogen-bond donors (Lipinski definition) is 2. The second kappa shape index (κ2) is 7.18. The Labute approximate surface area is 162 Å². The standard InChI is InChI=1S/C21H20ClN3O2/c1-13-6-7-17-14(10-13)21(27)15-11-25(9-8-18(15)23-17)12-20(26)24-19-5-3-2-4-16(19)22/h2-7,10H,8-9,11-12H2,1H3,(H,23,27)(H,24,26). The third kappa shape index (κ3) is 3.61. The summed E-state index contributed by atoms with van der Waals surface area (Å²) in [5.41, 5.74) is 4.30. The number of aryl methyl sites for hydroxylation is 1. The van der Waals surface area contributed by atoms with Crippen molar-refractivity contribution in [1.29, 1.82) is 0 Å². The number of pyridine rings is 1. The topological polar surface area (TPSA) is 65.2 Å². The molecular weight excluding hydrogens is 362 g/mol. The van der Waals surface area contributed by atoms with Gasteiger partial charge in [-0.15, -0.1) is 0 Å². The summed E-state index contributed by atoms with van der Waals surface area (Å²) >= 11 is 6.09. The number of carbonyl (C=O) groups excluding carboxylic acids is 1. The summed E-state index contributed by atoms with van der Waals surface area (Å²) in [5.74, 6) is -0.139. The summed E-state index contributed by atoms with van der Waals surface area (Å²) in [6, 6.07) is 13.0. The molecule has 27 heavy (non-hydrogen) atoms. The maximum absolute atomic E-state index is 12.9. The van der Waals surface area contributed by atoms with E-state index in [-0.39, 0.29) is 17.9 Å². The van der Waals surface area contributed by atoms with Gasteiger partial charge >= 0.3 is 0 Å². The predicted molar refractivity (Wildman–Crippen MR) is 108 cm³/mol. The zero-order chi connectivity index (χ0) is 19.0. The van der Waals surface area contributed by atoms with Crippen LogP contribution in [0.5, 0.6) is 0 Å². The van der Waals surface area contributed by atoms with Crippen molar-refractivity contribution in [2.45, 2.75) is 19.9 Å². The van der Waals surface area contributed by atoms with Gasteiger partial charge in [0.1, 0.15) is 0 Å². The van der Waals surface area contributed by atoms with Crippen molar-refractivity contribution >= 4 is 34.1 Å². The molecule has 0 unspecified atom stereocenters. The molecule has 3 aromatic rings. The molecule has 0 saturated heterocycles. The van der Waals surface area contributed by atoms with Gasteiger partial charge in [0.25, 0.3) is 0 Å². The van der Waals surface area contributed by atoms with Gasteiger partial charge in [-0.1, -0.05) is 35.4 Å². The maximum Gasteiger partial charge on any atom is 0.238 e. The second-order valence-electron chi connectivity index (χ2n) is 6.95. The summed E-state index contributed by atoms with van der Waals surface area (Å²) in [7, 11) is 0. The molecule has 1 aliphatic rings. The van der Waals surface area contributed by atoms with E-state index in [1.54, 1.807) is 12.1 Å². The van der Waals surface area contributed by atoms with Gasteiger partial charge in [0, 0.05) is 41.7 Å². The summed E-state index contributed by atoms with van der Waals surface area (Å²) in [5, 5.41) is 4.05. The van der Waals surface area contributed by atoms with Gasteiger partial charge in [0.2, 0.25) is 5.91 Å². The Morgan fingerprint density at radius 1 is 1.26 bits per heavy atom. The largest absolute Gasteiger partial charge is 0.358 e. The van der Waals surface area contributed by atoms with Gasteiger partial charge < -0.3 is 10.3 Å². The number of para-hydroxylation sites is 1. The number of hydrogen-bond acceptors (Lipinski definition) is 3. The molecule has 0 spiro atoms. The van der Waals surface area contributed by atoms with Crippen molar-refractivity contribution in [3.8, 4) is 0 Å². The molecule has 138 valence electrons. The van der Waals surface area contributed by atoms with Gasteiger partial charge in [-0.2, -0.15) is 0 Å². The first-order chi connectivity index (χ1) is 13.0. The SMILES string of the molecule is Cc1ccc2[nH]c3c(c(=O)c2c1)CN(CC(=O)Nc1ccccc1Cl)CC3. The van der Waals surface area contributed by atoms with Gasteiger partial charge in [-0.3, -0.25) is 14.5 Å². The van der Waals surface area contributed by atoms with E-state index >= 15 is 0 Å². The van der Waals surface area contributed by atoms with Crippen molar-refractivity contribution in [2.75, 3.05) is 18.4 Å². The highest BCUT2D eigenvalue weighted by Gasteiger charge is 2.22. The highest BCUT2D eigenvalue weighted by molar-refractivity contribution is 6.33. The minimum absolute atomic E-state index is 0.0543. The van der Waals surface area contributed by atoms with E-state index in [9.17, 15) is 9.59 Å². The van der Waals surface area contributed by atoms with Crippen LogP contribution in [-0.2, 0) is 17.8 Å². The second-order valence-corrected chi connectivity index (χ2v) is 7.36. The molecule has 0 saturated carbocycles. The van der Waals surface area contributed by atoms with Crippen LogP contribution in [0.3, 0.4) is 0 Å². The molecule has 1 aliphatic heterocycles. The number of aromatic nitrogens is 1. The minimum atomic E-state index is -0.139. The molecule has 2 aromatic carbocycles. The quantitative estimate of drug-likeness (QED) is 0.730. The van der Waals surface area contributed by atoms with Crippen LogP contribution in [0.1, 0.15) is 16.8 Å². The van der Waals surface area contributed by atoms with Crippen molar-refractivity contribution in [3.63, 3.8) is 0 Å². The van der Waals surface area contributed by atoms with E-state index in [0.717, 1.165) is 28.9 Å². The molecule has 1 aromatic heterocycles. The number of anilines is 1. The van der Waals surface area contributed by atoms with Gasteiger partial charge in [-0.25, -0.2) is 0 Å². The number of nitrogens with zero attached hydrogens (tertiary/aromatic N) is 1. The molecule has 2 heterocycles. The van der Waals surface area contributed by atoms with E-state index in [0.29, 0.717) is 29.1 Å². The van der Waals surface area contributed by atoms with E-state index in [4.69, 9.17) is 11.6 Å². The molecule has 4 rings (SSSR count). The Hall–Kier alpha value is -2.63. The monoisotopic (exact) mass is 381 g/mol. The number of nitrogens with one attached hydrogen (secondary N) is 2. The van der Waals surface area contributed by atoms with Gasteiger partial charge in [0.15, 0.2) is 5.43 Å². The van der Waals surface area contributed by atoms with Crippen LogP contribution in [0.2, 0.25) is 5.02 Å². The van der Waals surface area contributed by atoms with Crippen LogP contribution in [0.4, 0.5) is 5.69 Å². The smallest absolute Gasteiger partial charge is 0.238 e. The molecule has 5 nitrogen and oxygen atoms in total. The third-order valence-corrected chi connectivity index (χ3v) is 5.25. The van der Waals surface area contributed by atoms with Crippen LogP contribution >= 0.6 is 11.6 Å². The zero-order valence-corrected chi connectivity index (χ0v) is 15.8. The predicted octanol–water partition coefficient (Wildman–Crippen LogP) is 3.49. The molecule has 2 N–H and O–H groups in total. The number of halogens is 1. The zero-order valence-electron chi connectivity index (χ0n) is 15.0. The van der Waals surface area contributed by atoms with Crippen molar-refractivity contribution < 1.29 is 4.79 Å². The van der Waals surface area contributed by atoms with E-state index in [2.05, 4.69) is 10.3 Å². The molecule has 0 atom stereocenters. The number of fused-ring (bicyclic) bond motifs is 2. The number of rotatable bonds is 3. The fourth-order valence-electron chi connectivity index (χ4n) is 3.54. The molecule has 1 amide bonds. The molecule has 0 radical (unpaired) electrons. The van der Waals surface area contributed by atoms with E-state index in [1.165, 1.54) is 0 Å². The normalized spacial score (nSPS) is 14.1. The highest BCUT2D eigenvalue weighted by Crippen LogP contribution is 2.21. The van der Waals surface area contributed by atoms with Crippen molar-refractivity contribution in [1.82, 2.24) is 9.88 Å². The Morgan fingerprint density at radius 2 is 2.07 bits per heavy atom. The highest BCUT2D eigenvalue weighted by atomic mass is 35.5. The van der Waals surface area contributed by atoms with E-state index < -0.39 is 0 Å². The summed E-state index contributed by atoms with van der Waals surface area (Å²) in [6.45, 7) is 3.38. The average Bonchev–Trinajstić information content (AvgIpc) is 2.65. The first-order valence-electron chi connectivity index (χ1n) is 8.92. The van der Waals surface area contributed by atoms with Crippen LogP contribution in [0.15, 0.2) is 47.3 Å². The van der Waals surface area contributed by atoms with E-state index in [1.807, 2.05) is 42.2 Å². The van der Waals surface area contributed by atoms with Crippen LogP contribution in [0, 0.1) is 6.92 Å². The Bertz CT molecular complexity index is 1090. The summed E-state index contributed by atoms with van der Waals surface area (Å²) < 4.78 is 0. The third-order valence-electron chi connectivity index (χ3n) is 4.92. The molecule has 0 fully saturated rings. The summed E-state index contributed by atoms with van der Waals surface area (Å²) in [4.78, 5) is 30.7. The molecule has 0 aliphatic carbocycles. The van der Waals surface area contributed by atoms with Crippen molar-refractivity contribution in [2.24, 2.45) is 0 Å². The Morgan fingerprint density at radius 3 is 2.89 bits per heavy atom. The first-order valence-corrected chi connectivity index (χ1v) is 9.30. The van der Waals surface area contributed by atoms with Crippen molar-refractivity contribution in [3.05, 3.63) is 74.5 Å². The van der Waals surface area contributed by atoms with Crippen LogP contribution in [-0.4, -0.2) is 28.9 Å². The fourth-order valence-corrected chi connectivity index (χ4v) is 3.72. The summed E-state index contributed by atoms with van der Waals surface area (Å²) in [6.07, 6.45) is 0.716. The first kappa shape index (κ1) is 17.8. The van der Waals surface area contributed by atoms with Crippen LogP contribution < -0.4 is 10.7 Å². The Kier molecular flexibility index (Phi) is 4.72. The minimum Gasteiger partial charge on any atom is -0.358 e.